The van der Waals surface area contributed by atoms with Crippen LogP contribution in [-0.4, -0.2) is 44.3 Å². The van der Waals surface area contributed by atoms with Gasteiger partial charge < -0.3 is 19.7 Å². The van der Waals surface area contributed by atoms with E-state index in [-0.39, 0.29) is 12.1 Å². The van der Waals surface area contributed by atoms with Gasteiger partial charge in [0.2, 0.25) is 5.91 Å². The molecule has 3 aromatic rings. The molecule has 0 bridgehead atoms. The van der Waals surface area contributed by atoms with Gasteiger partial charge in [-0.15, -0.1) is 0 Å². The van der Waals surface area contributed by atoms with Crippen LogP contribution in [0.5, 0.6) is 11.5 Å². The van der Waals surface area contributed by atoms with Gasteiger partial charge in [-0.25, -0.2) is 4.39 Å². The maximum absolute atomic E-state index is 14.7. The van der Waals surface area contributed by atoms with E-state index in [0.29, 0.717) is 39.2 Å². The molecule has 35 heavy (non-hydrogen) atoms. The van der Waals surface area contributed by atoms with Crippen LogP contribution in [0.1, 0.15) is 18.1 Å². The van der Waals surface area contributed by atoms with E-state index in [4.69, 9.17) is 21.1 Å². The number of carbonyl (C=O) groups excluding carboxylic acids is 2. The minimum Gasteiger partial charge on any atom is -0.497 e. The van der Waals surface area contributed by atoms with Crippen LogP contribution in [0.15, 0.2) is 65.7 Å². The Bertz CT molecular complexity index is 1330. The highest BCUT2D eigenvalue weighted by Gasteiger charge is 2.32. The quantitative estimate of drug-likeness (QED) is 0.537. The lowest BCUT2D eigenvalue weighted by Gasteiger charge is -2.24. The fraction of sp³-hybridized carbons (Fsp3) is 0.192. The summed E-state index contributed by atoms with van der Waals surface area (Å²) in [7, 11) is 3.01. The zero-order chi connectivity index (χ0) is 25.1. The molecule has 9 heteroatoms. The Morgan fingerprint density at radius 3 is 2.57 bits per heavy atom. The van der Waals surface area contributed by atoms with E-state index in [0.717, 1.165) is 0 Å². The first-order valence-electron chi connectivity index (χ1n) is 10.8. The standard InChI is InChI=1S/C26H23ClFN3O4/c1-15-26(33)31(14-24(32)30-21-10-9-17(34-2)13-23(21)35-3)22-11-8-16(27)12-19(22)25(29-15)18-6-4-5-7-20(18)28/h4-13,15H,14H2,1-3H3,(H,30,32)/t15-/m1/s1. The van der Waals surface area contributed by atoms with Gasteiger partial charge in [-0.05, 0) is 49.4 Å². The van der Waals surface area contributed by atoms with E-state index >= 15 is 0 Å². The van der Waals surface area contributed by atoms with Crippen molar-refractivity contribution in [3.05, 3.63) is 82.6 Å². The van der Waals surface area contributed by atoms with Crippen molar-refractivity contribution in [3.63, 3.8) is 0 Å². The summed E-state index contributed by atoms with van der Waals surface area (Å²) in [5, 5.41) is 3.16. The SMILES string of the molecule is COc1ccc(NC(=O)CN2C(=O)[C@@H](C)N=C(c3ccccc3F)c3cc(Cl)ccc32)c(OC)c1. The minimum atomic E-state index is -0.862. The smallest absolute Gasteiger partial charge is 0.252 e. The molecule has 0 aromatic heterocycles. The first-order chi connectivity index (χ1) is 16.8. The third kappa shape index (κ3) is 4.97. The molecule has 2 amide bonds. The van der Waals surface area contributed by atoms with Crippen molar-refractivity contribution in [1.82, 2.24) is 0 Å². The van der Waals surface area contributed by atoms with Gasteiger partial charge in [0.15, 0.2) is 0 Å². The first-order valence-corrected chi connectivity index (χ1v) is 11.2. The molecule has 1 N–H and O–H groups in total. The summed E-state index contributed by atoms with van der Waals surface area (Å²) in [5.74, 6) is -0.360. The van der Waals surface area contributed by atoms with Gasteiger partial charge in [0, 0.05) is 22.2 Å². The number of carbonyl (C=O) groups is 2. The second-order valence-electron chi connectivity index (χ2n) is 7.83. The van der Waals surface area contributed by atoms with Gasteiger partial charge >= 0.3 is 0 Å². The molecule has 7 nitrogen and oxygen atoms in total. The van der Waals surface area contributed by atoms with Gasteiger partial charge in [0.25, 0.3) is 5.91 Å². The molecule has 1 aliphatic rings. The molecule has 1 heterocycles. The van der Waals surface area contributed by atoms with Crippen molar-refractivity contribution in [2.75, 3.05) is 31.0 Å². The number of aliphatic imine (C=N–C) groups is 1. The van der Waals surface area contributed by atoms with Gasteiger partial charge in [0.05, 0.1) is 31.3 Å². The van der Waals surface area contributed by atoms with E-state index < -0.39 is 23.7 Å². The fourth-order valence-electron chi connectivity index (χ4n) is 3.86. The molecule has 180 valence electrons. The maximum Gasteiger partial charge on any atom is 0.252 e. The van der Waals surface area contributed by atoms with Crippen molar-refractivity contribution < 1.29 is 23.5 Å². The number of nitrogens with one attached hydrogen (secondary N) is 1. The van der Waals surface area contributed by atoms with Crippen LogP contribution < -0.4 is 19.7 Å². The van der Waals surface area contributed by atoms with Crippen LogP contribution in [0.3, 0.4) is 0 Å². The number of methoxy groups -OCH3 is 2. The van der Waals surface area contributed by atoms with E-state index in [2.05, 4.69) is 10.3 Å². The molecule has 0 unspecified atom stereocenters. The number of ether oxygens (including phenoxy) is 2. The zero-order valence-corrected chi connectivity index (χ0v) is 20.1. The Labute approximate surface area is 207 Å². The molecule has 4 rings (SSSR count). The topological polar surface area (TPSA) is 80.2 Å². The number of benzene rings is 3. The lowest BCUT2D eigenvalue weighted by Crippen LogP contribution is -2.42. The van der Waals surface area contributed by atoms with E-state index in [1.54, 1.807) is 61.5 Å². The summed E-state index contributed by atoms with van der Waals surface area (Å²) in [4.78, 5) is 32.2. The van der Waals surface area contributed by atoms with Crippen LogP contribution in [-0.2, 0) is 9.59 Å². The van der Waals surface area contributed by atoms with Crippen molar-refractivity contribution in [1.29, 1.82) is 0 Å². The fourth-order valence-corrected chi connectivity index (χ4v) is 4.03. The van der Waals surface area contributed by atoms with Crippen LogP contribution in [0, 0.1) is 5.82 Å². The number of fused-ring (bicyclic) bond motifs is 1. The number of rotatable bonds is 6. The summed E-state index contributed by atoms with van der Waals surface area (Å²) in [6, 6.07) is 15.2. The Balaban J connectivity index is 1.71. The number of amides is 2. The van der Waals surface area contributed by atoms with Gasteiger partial charge in [-0.1, -0.05) is 23.7 Å². The molecule has 0 saturated carbocycles. The third-order valence-electron chi connectivity index (χ3n) is 5.56. The van der Waals surface area contributed by atoms with Crippen molar-refractivity contribution >= 4 is 40.5 Å². The van der Waals surface area contributed by atoms with Crippen molar-refractivity contribution in [3.8, 4) is 11.5 Å². The summed E-state index contributed by atoms with van der Waals surface area (Å²) in [6.45, 7) is 1.31. The Kier molecular flexibility index (Phi) is 7.02. The van der Waals surface area contributed by atoms with Gasteiger partial charge in [0.1, 0.15) is 29.9 Å². The monoisotopic (exact) mass is 495 g/mol. The average molecular weight is 496 g/mol. The summed E-state index contributed by atoms with van der Waals surface area (Å²) in [6.07, 6.45) is 0. The highest BCUT2D eigenvalue weighted by Crippen LogP contribution is 2.32. The average Bonchev–Trinajstić information content (AvgIpc) is 2.95. The van der Waals surface area contributed by atoms with Crippen molar-refractivity contribution in [2.45, 2.75) is 13.0 Å². The lowest BCUT2D eigenvalue weighted by molar-refractivity contribution is -0.122. The lowest BCUT2D eigenvalue weighted by atomic mass is 9.99. The van der Waals surface area contributed by atoms with E-state index in [9.17, 15) is 14.0 Å². The molecule has 1 aliphatic heterocycles. The largest absolute Gasteiger partial charge is 0.497 e. The second kappa shape index (κ2) is 10.1. The molecule has 0 spiro atoms. The number of benzodiazepines with no additional fused rings is 1. The van der Waals surface area contributed by atoms with Crippen molar-refractivity contribution in [2.24, 2.45) is 4.99 Å². The molecule has 3 aromatic carbocycles. The predicted octanol–water partition coefficient (Wildman–Crippen LogP) is 4.71. The Morgan fingerprint density at radius 1 is 1.09 bits per heavy atom. The third-order valence-corrected chi connectivity index (χ3v) is 5.80. The van der Waals surface area contributed by atoms with Crippen LogP contribution >= 0.6 is 11.6 Å². The molecular formula is C26H23ClFN3O4. The number of halogens is 2. The van der Waals surface area contributed by atoms with E-state index in [1.165, 1.54) is 25.2 Å². The van der Waals surface area contributed by atoms with Crippen LogP contribution in [0.2, 0.25) is 5.02 Å². The summed E-state index contributed by atoms with van der Waals surface area (Å²) in [5.41, 5.74) is 1.82. The highest BCUT2D eigenvalue weighted by atomic mass is 35.5. The molecule has 0 saturated heterocycles. The summed E-state index contributed by atoms with van der Waals surface area (Å²) < 4.78 is 25.2. The molecular weight excluding hydrogens is 473 g/mol. The second-order valence-corrected chi connectivity index (χ2v) is 8.27. The number of nitrogens with zero attached hydrogens (tertiary/aromatic N) is 2. The number of anilines is 2. The van der Waals surface area contributed by atoms with E-state index in [1.807, 2.05) is 0 Å². The normalized spacial score (nSPS) is 15.1. The maximum atomic E-state index is 14.7. The van der Waals surface area contributed by atoms with Gasteiger partial charge in [-0.3, -0.25) is 14.6 Å². The number of hydrogen-bond donors (Lipinski definition) is 1. The Hall–Kier alpha value is -3.91. The Morgan fingerprint density at radius 2 is 1.86 bits per heavy atom. The van der Waals surface area contributed by atoms with Gasteiger partial charge in [-0.2, -0.15) is 0 Å². The first kappa shape index (κ1) is 24.2. The molecule has 0 aliphatic carbocycles. The molecule has 1 atom stereocenters. The predicted molar refractivity (Wildman–Crippen MR) is 133 cm³/mol. The molecule has 0 fully saturated rings. The zero-order valence-electron chi connectivity index (χ0n) is 19.3. The summed E-state index contributed by atoms with van der Waals surface area (Å²) >= 11 is 6.26. The number of hydrogen-bond acceptors (Lipinski definition) is 5. The molecule has 0 radical (unpaired) electrons. The minimum absolute atomic E-state index is 0.241. The highest BCUT2D eigenvalue weighted by molar-refractivity contribution is 6.32. The van der Waals surface area contributed by atoms with Crippen LogP contribution in [0.25, 0.3) is 0 Å². The van der Waals surface area contributed by atoms with Crippen LogP contribution in [0.4, 0.5) is 15.8 Å².